The van der Waals surface area contributed by atoms with E-state index in [9.17, 15) is 9.59 Å². The van der Waals surface area contributed by atoms with Crippen molar-refractivity contribution in [1.82, 2.24) is 4.90 Å². The van der Waals surface area contributed by atoms with Crippen LogP contribution in [0.1, 0.15) is 43.4 Å². The summed E-state index contributed by atoms with van der Waals surface area (Å²) >= 11 is 1.48. The van der Waals surface area contributed by atoms with Crippen LogP contribution in [0.4, 0.5) is 5.00 Å². The molecule has 0 spiro atoms. The molecule has 182 valence electrons. The number of hydrogen-bond acceptors (Lipinski definition) is 5. The molecule has 0 aliphatic carbocycles. The molecule has 1 aromatic heterocycles. The Kier molecular flexibility index (Phi) is 7.26. The lowest BCUT2D eigenvalue weighted by Gasteiger charge is -2.27. The van der Waals surface area contributed by atoms with Gasteiger partial charge in [0.2, 0.25) is 5.91 Å². The number of fused-ring (bicyclic) bond motifs is 1. The fraction of sp³-hybridized carbons (Fsp3) is 0.200. The van der Waals surface area contributed by atoms with Gasteiger partial charge in [0.15, 0.2) is 0 Å². The van der Waals surface area contributed by atoms with Crippen molar-refractivity contribution in [1.29, 1.82) is 0 Å². The Morgan fingerprint density at radius 1 is 0.917 bits per heavy atom. The van der Waals surface area contributed by atoms with Gasteiger partial charge in [0, 0.05) is 24.5 Å². The molecule has 0 bridgehead atoms. The summed E-state index contributed by atoms with van der Waals surface area (Å²) < 4.78 is 5.14. The Morgan fingerprint density at radius 3 is 2.08 bits per heavy atom. The minimum atomic E-state index is -0.494. The molecule has 3 aromatic carbocycles. The highest BCUT2D eigenvalue weighted by Gasteiger charge is 2.31. The largest absolute Gasteiger partial charge is 0.465 e. The Hall–Kier alpha value is -3.74. The predicted octanol–water partition coefficient (Wildman–Crippen LogP) is 5.86. The van der Waals surface area contributed by atoms with E-state index in [1.165, 1.54) is 24.0 Å². The van der Waals surface area contributed by atoms with Gasteiger partial charge in [0.05, 0.1) is 18.6 Å². The third-order valence-corrected chi connectivity index (χ3v) is 7.67. The Labute approximate surface area is 215 Å². The van der Waals surface area contributed by atoms with Gasteiger partial charge in [-0.2, -0.15) is 0 Å². The van der Waals surface area contributed by atoms with Crippen LogP contribution in [0.25, 0.3) is 0 Å². The van der Waals surface area contributed by atoms with Crippen molar-refractivity contribution in [3.8, 4) is 0 Å². The lowest BCUT2D eigenvalue weighted by molar-refractivity contribution is -0.116. The molecule has 36 heavy (non-hydrogen) atoms. The van der Waals surface area contributed by atoms with Crippen LogP contribution in [0.5, 0.6) is 0 Å². The highest BCUT2D eigenvalue weighted by Crippen LogP contribution is 2.39. The van der Waals surface area contributed by atoms with Crippen molar-refractivity contribution >= 4 is 28.2 Å². The molecule has 2 heterocycles. The molecule has 0 unspecified atom stereocenters. The number of carbonyl (C=O) groups excluding carboxylic acids is 2. The number of benzene rings is 3. The summed E-state index contributed by atoms with van der Waals surface area (Å²) in [5.41, 5.74) is 4.53. The van der Waals surface area contributed by atoms with Gasteiger partial charge in [-0.3, -0.25) is 9.69 Å². The number of anilines is 1. The predicted molar refractivity (Wildman–Crippen MR) is 143 cm³/mol. The molecule has 5 rings (SSSR count). The summed E-state index contributed by atoms with van der Waals surface area (Å²) in [5.74, 6) is -1.07. The molecule has 1 aliphatic rings. The van der Waals surface area contributed by atoms with Gasteiger partial charge in [0.1, 0.15) is 5.00 Å². The van der Waals surface area contributed by atoms with Crippen molar-refractivity contribution in [3.63, 3.8) is 0 Å². The van der Waals surface area contributed by atoms with Crippen molar-refractivity contribution < 1.29 is 14.3 Å². The van der Waals surface area contributed by atoms with Crippen LogP contribution in [0.15, 0.2) is 91.0 Å². The zero-order valence-electron chi connectivity index (χ0n) is 20.1. The maximum Gasteiger partial charge on any atom is 0.341 e. The SMILES string of the molecule is COC(=O)c1c(NC(=O)C(c2ccccc2)c2ccccc2)sc2c1CCN(Cc1ccccc1)C2. The molecule has 6 heteroatoms. The number of methoxy groups -OCH3 is 1. The fourth-order valence-corrected chi connectivity index (χ4v) is 6.09. The van der Waals surface area contributed by atoms with Gasteiger partial charge in [-0.25, -0.2) is 4.79 Å². The third kappa shape index (κ3) is 5.10. The summed E-state index contributed by atoms with van der Waals surface area (Å²) in [6.45, 7) is 2.42. The number of ether oxygens (including phenoxy) is 1. The van der Waals surface area contributed by atoms with Crippen LogP contribution in [-0.4, -0.2) is 30.4 Å². The Morgan fingerprint density at radius 2 is 1.50 bits per heavy atom. The van der Waals surface area contributed by atoms with E-state index in [2.05, 4.69) is 34.5 Å². The molecule has 1 N–H and O–H groups in total. The number of rotatable bonds is 7. The molecule has 0 radical (unpaired) electrons. The van der Waals surface area contributed by atoms with Gasteiger partial charge in [-0.15, -0.1) is 11.3 Å². The third-order valence-electron chi connectivity index (χ3n) is 6.54. The first-order chi connectivity index (χ1) is 17.6. The van der Waals surface area contributed by atoms with Crippen molar-refractivity contribution in [3.05, 3.63) is 124 Å². The second-order valence-corrected chi connectivity index (χ2v) is 9.99. The van der Waals surface area contributed by atoms with E-state index >= 15 is 0 Å². The maximum atomic E-state index is 13.7. The molecule has 0 saturated carbocycles. The van der Waals surface area contributed by atoms with Crippen LogP contribution in [0.2, 0.25) is 0 Å². The second kappa shape index (κ2) is 10.9. The van der Waals surface area contributed by atoms with E-state index < -0.39 is 11.9 Å². The van der Waals surface area contributed by atoms with Crippen LogP contribution in [-0.2, 0) is 29.0 Å². The molecular weight excluding hydrogens is 468 g/mol. The molecule has 5 nitrogen and oxygen atoms in total. The van der Waals surface area contributed by atoms with E-state index in [1.54, 1.807) is 0 Å². The molecule has 0 atom stereocenters. The van der Waals surface area contributed by atoms with E-state index in [-0.39, 0.29) is 5.91 Å². The van der Waals surface area contributed by atoms with E-state index in [1.807, 2.05) is 66.7 Å². The average Bonchev–Trinajstić information content (AvgIpc) is 3.27. The van der Waals surface area contributed by atoms with E-state index in [0.717, 1.165) is 47.6 Å². The molecule has 4 aromatic rings. The first-order valence-corrected chi connectivity index (χ1v) is 12.9. The highest BCUT2D eigenvalue weighted by molar-refractivity contribution is 7.17. The normalized spacial score (nSPS) is 13.3. The zero-order chi connectivity index (χ0) is 24.9. The van der Waals surface area contributed by atoms with Crippen molar-refractivity contribution in [2.24, 2.45) is 0 Å². The number of nitrogens with one attached hydrogen (secondary N) is 1. The van der Waals surface area contributed by atoms with Crippen LogP contribution in [0, 0.1) is 0 Å². The second-order valence-electron chi connectivity index (χ2n) is 8.89. The number of thiophene rings is 1. The smallest absolute Gasteiger partial charge is 0.341 e. The summed E-state index contributed by atoms with van der Waals surface area (Å²) in [6, 6.07) is 29.8. The van der Waals surface area contributed by atoms with Gasteiger partial charge < -0.3 is 10.1 Å². The van der Waals surface area contributed by atoms with Crippen LogP contribution < -0.4 is 5.32 Å². The minimum Gasteiger partial charge on any atom is -0.465 e. The first kappa shape index (κ1) is 24.0. The zero-order valence-corrected chi connectivity index (χ0v) is 21.0. The van der Waals surface area contributed by atoms with Crippen molar-refractivity contribution in [2.75, 3.05) is 19.0 Å². The number of esters is 1. The monoisotopic (exact) mass is 496 g/mol. The highest BCUT2D eigenvalue weighted by atomic mass is 32.1. The fourth-order valence-electron chi connectivity index (χ4n) is 4.81. The topological polar surface area (TPSA) is 58.6 Å². The van der Waals surface area contributed by atoms with Gasteiger partial charge in [0.25, 0.3) is 0 Å². The number of amides is 1. The summed E-state index contributed by atoms with van der Waals surface area (Å²) in [7, 11) is 1.39. The van der Waals surface area contributed by atoms with Gasteiger partial charge >= 0.3 is 5.97 Å². The van der Waals surface area contributed by atoms with Crippen LogP contribution >= 0.6 is 11.3 Å². The number of nitrogens with zero attached hydrogens (tertiary/aromatic N) is 1. The van der Waals surface area contributed by atoms with E-state index in [4.69, 9.17) is 4.74 Å². The lowest BCUT2D eigenvalue weighted by atomic mass is 9.90. The maximum absolute atomic E-state index is 13.7. The van der Waals surface area contributed by atoms with Crippen molar-refractivity contribution in [2.45, 2.75) is 25.4 Å². The molecular formula is C30H28N2O3S. The molecule has 0 fully saturated rings. The quantitative estimate of drug-likeness (QED) is 0.326. The summed E-state index contributed by atoms with van der Waals surface area (Å²) in [5, 5.41) is 3.67. The Bertz CT molecular complexity index is 1300. The standard InChI is InChI=1S/C30H28N2O3S/c1-35-30(34)27-24-17-18-32(19-21-11-5-2-6-12-21)20-25(24)36-29(27)31-28(33)26(22-13-7-3-8-14-22)23-15-9-4-10-16-23/h2-16,26H,17-20H2,1H3,(H,31,33). The van der Waals surface area contributed by atoms with Gasteiger partial charge in [-0.1, -0.05) is 91.0 Å². The van der Waals surface area contributed by atoms with Crippen LogP contribution in [0.3, 0.4) is 0 Å². The lowest BCUT2D eigenvalue weighted by Crippen LogP contribution is -2.29. The molecule has 0 saturated heterocycles. The first-order valence-electron chi connectivity index (χ1n) is 12.0. The Balaban J connectivity index is 1.44. The number of hydrogen-bond donors (Lipinski definition) is 1. The average molecular weight is 497 g/mol. The molecule has 1 aliphatic heterocycles. The minimum absolute atomic E-state index is 0.169. The molecule has 1 amide bonds. The number of carbonyl (C=O) groups is 2. The summed E-state index contributed by atoms with van der Waals surface area (Å²) in [6.07, 6.45) is 0.736. The van der Waals surface area contributed by atoms with Gasteiger partial charge in [-0.05, 0) is 28.7 Å². The summed E-state index contributed by atoms with van der Waals surface area (Å²) in [4.78, 5) is 30.1. The van der Waals surface area contributed by atoms with E-state index in [0.29, 0.717) is 10.6 Å².